The molecular weight excluding hydrogens is 318 g/mol. The first kappa shape index (κ1) is 17.1. The topological polar surface area (TPSA) is 117 Å². The third-order valence-electron chi connectivity index (χ3n) is 3.51. The van der Waals surface area contributed by atoms with Crippen molar-refractivity contribution in [1.29, 1.82) is 0 Å². The van der Waals surface area contributed by atoms with E-state index in [4.69, 9.17) is 0 Å². The molecule has 3 N–H and O–H groups in total. The van der Waals surface area contributed by atoms with Gasteiger partial charge in [-0.05, 0) is 40.0 Å². The van der Waals surface area contributed by atoms with E-state index >= 15 is 0 Å². The normalized spacial score (nSPS) is 12.9. The summed E-state index contributed by atoms with van der Waals surface area (Å²) in [6, 6.07) is 2.48. The van der Waals surface area contributed by atoms with Crippen LogP contribution in [0, 0.1) is 13.8 Å². The van der Waals surface area contributed by atoms with E-state index in [1.54, 1.807) is 0 Å². The number of aromatic nitrogens is 3. The maximum absolute atomic E-state index is 12.3. The van der Waals surface area contributed by atoms with Gasteiger partial charge >= 0.3 is 0 Å². The highest BCUT2D eigenvalue weighted by atomic mass is 32.2. The molecule has 2 aromatic heterocycles. The third-order valence-corrected chi connectivity index (χ3v) is 4.84. The summed E-state index contributed by atoms with van der Waals surface area (Å²) >= 11 is 0. The number of aryl methyl sites for hydroxylation is 2. The molecule has 2 rings (SSSR count). The van der Waals surface area contributed by atoms with E-state index in [0.717, 1.165) is 17.0 Å². The minimum atomic E-state index is -3.62. The number of sulfonamides is 1. The zero-order chi connectivity index (χ0) is 17.2. The van der Waals surface area contributed by atoms with Crippen LogP contribution >= 0.6 is 0 Å². The molecule has 9 heteroatoms. The van der Waals surface area contributed by atoms with E-state index < -0.39 is 10.0 Å². The Labute approximate surface area is 134 Å². The minimum absolute atomic E-state index is 0.133. The van der Waals surface area contributed by atoms with Crippen LogP contribution in [-0.2, 0) is 10.0 Å². The molecule has 124 valence electrons. The fourth-order valence-corrected chi connectivity index (χ4v) is 2.98. The summed E-state index contributed by atoms with van der Waals surface area (Å²) in [6.45, 7) is 5.60. The van der Waals surface area contributed by atoms with E-state index in [1.165, 1.54) is 25.4 Å². The van der Waals surface area contributed by atoms with Gasteiger partial charge in [0.2, 0.25) is 0 Å². The second-order valence-corrected chi connectivity index (χ2v) is 6.97. The molecule has 0 saturated carbocycles. The summed E-state index contributed by atoms with van der Waals surface area (Å²) in [5, 5.41) is 9.69. The summed E-state index contributed by atoms with van der Waals surface area (Å²) < 4.78 is 25.4. The molecule has 1 amide bonds. The van der Waals surface area contributed by atoms with E-state index in [1.807, 2.05) is 20.8 Å². The monoisotopic (exact) mass is 337 g/mol. The van der Waals surface area contributed by atoms with Gasteiger partial charge in [0.15, 0.2) is 5.03 Å². The van der Waals surface area contributed by atoms with Crippen LogP contribution in [0.2, 0.25) is 0 Å². The van der Waals surface area contributed by atoms with Crippen molar-refractivity contribution < 1.29 is 13.2 Å². The van der Waals surface area contributed by atoms with Crippen LogP contribution in [0.3, 0.4) is 0 Å². The van der Waals surface area contributed by atoms with Crippen molar-refractivity contribution in [3.05, 3.63) is 40.8 Å². The highest BCUT2D eigenvalue weighted by molar-refractivity contribution is 7.89. The Morgan fingerprint density at radius 1 is 1.30 bits per heavy atom. The highest BCUT2D eigenvalue weighted by Gasteiger charge is 2.18. The summed E-state index contributed by atoms with van der Waals surface area (Å²) in [5.41, 5.74) is 2.93. The van der Waals surface area contributed by atoms with Gasteiger partial charge in [-0.25, -0.2) is 18.1 Å². The molecule has 1 atom stereocenters. The third kappa shape index (κ3) is 3.57. The molecule has 1 unspecified atom stereocenters. The first-order valence-electron chi connectivity index (χ1n) is 6.98. The van der Waals surface area contributed by atoms with Crippen LogP contribution < -0.4 is 10.0 Å². The molecule has 0 saturated heterocycles. The van der Waals surface area contributed by atoms with Crippen molar-refractivity contribution in [3.8, 4) is 0 Å². The molecule has 0 aliphatic heterocycles. The number of pyridine rings is 1. The predicted molar refractivity (Wildman–Crippen MR) is 84.4 cm³/mol. The molecule has 2 heterocycles. The molecule has 0 radical (unpaired) electrons. The molecule has 23 heavy (non-hydrogen) atoms. The van der Waals surface area contributed by atoms with Gasteiger partial charge in [0.05, 0.1) is 17.3 Å². The summed E-state index contributed by atoms with van der Waals surface area (Å²) in [7, 11) is -2.32. The fourth-order valence-electron chi connectivity index (χ4n) is 2.33. The van der Waals surface area contributed by atoms with Gasteiger partial charge in [0.25, 0.3) is 15.9 Å². The first-order valence-corrected chi connectivity index (χ1v) is 8.46. The maximum atomic E-state index is 12.3. The van der Waals surface area contributed by atoms with Crippen LogP contribution in [0.4, 0.5) is 0 Å². The average molecular weight is 337 g/mol. The second-order valence-electron chi connectivity index (χ2n) is 5.14. The van der Waals surface area contributed by atoms with Crippen LogP contribution in [0.25, 0.3) is 0 Å². The number of nitrogens with zero attached hydrogens (tertiary/aromatic N) is 2. The van der Waals surface area contributed by atoms with Gasteiger partial charge in [0.1, 0.15) is 0 Å². The Morgan fingerprint density at radius 3 is 2.48 bits per heavy atom. The van der Waals surface area contributed by atoms with Crippen LogP contribution in [0.1, 0.15) is 40.3 Å². The molecule has 0 aliphatic rings. The number of carbonyl (C=O) groups is 1. The zero-order valence-electron chi connectivity index (χ0n) is 13.3. The first-order chi connectivity index (χ1) is 10.8. The molecule has 0 fully saturated rings. The highest BCUT2D eigenvalue weighted by Crippen LogP contribution is 2.19. The van der Waals surface area contributed by atoms with E-state index in [0.29, 0.717) is 0 Å². The predicted octanol–water partition coefficient (Wildman–Crippen LogP) is 0.821. The Bertz CT molecular complexity index is 792. The van der Waals surface area contributed by atoms with Crippen molar-refractivity contribution >= 4 is 15.9 Å². The van der Waals surface area contributed by atoms with Gasteiger partial charge in [0, 0.05) is 17.5 Å². The smallest absolute Gasteiger partial charge is 0.257 e. The number of hydrogen-bond acceptors (Lipinski definition) is 5. The lowest BCUT2D eigenvalue weighted by atomic mass is 10.1. The lowest BCUT2D eigenvalue weighted by molar-refractivity contribution is 0.0939. The van der Waals surface area contributed by atoms with Crippen LogP contribution in [-0.4, -0.2) is 36.6 Å². The number of rotatable bonds is 5. The van der Waals surface area contributed by atoms with E-state index in [-0.39, 0.29) is 22.5 Å². The van der Waals surface area contributed by atoms with Crippen LogP contribution in [0.5, 0.6) is 0 Å². The number of nitrogens with one attached hydrogen (secondary N) is 3. The standard InChI is InChI=1S/C14H19N5O3S/c1-8(13-9(2)18-19-10(13)3)17-14(20)11-5-6-12(16-7-11)23(21,22)15-4/h5-8,15H,1-4H3,(H,17,20)(H,18,19). The Balaban J connectivity index is 2.15. The van der Waals surface area contributed by atoms with E-state index in [9.17, 15) is 13.2 Å². The minimum Gasteiger partial charge on any atom is -0.345 e. The Kier molecular flexibility index (Phi) is 4.81. The van der Waals surface area contributed by atoms with Crippen molar-refractivity contribution in [2.24, 2.45) is 0 Å². The Hall–Kier alpha value is -2.26. The van der Waals surface area contributed by atoms with Crippen molar-refractivity contribution in [1.82, 2.24) is 25.2 Å². The SMILES string of the molecule is CNS(=O)(=O)c1ccc(C(=O)NC(C)c2c(C)n[nH]c2C)cn1. The number of hydrogen-bond donors (Lipinski definition) is 3. The lowest BCUT2D eigenvalue weighted by Crippen LogP contribution is -2.27. The molecule has 0 aromatic carbocycles. The summed E-state index contributed by atoms with van der Waals surface area (Å²) in [6.07, 6.45) is 1.24. The zero-order valence-corrected chi connectivity index (χ0v) is 14.2. The van der Waals surface area contributed by atoms with Crippen LogP contribution in [0.15, 0.2) is 23.4 Å². The average Bonchev–Trinajstić information content (AvgIpc) is 2.86. The van der Waals surface area contributed by atoms with Gasteiger partial charge in [-0.1, -0.05) is 0 Å². The fraction of sp³-hybridized carbons (Fsp3) is 0.357. The van der Waals surface area contributed by atoms with E-state index in [2.05, 4.69) is 25.2 Å². The molecule has 2 aromatic rings. The van der Waals surface area contributed by atoms with Crippen molar-refractivity contribution in [2.75, 3.05) is 7.05 Å². The number of aromatic amines is 1. The van der Waals surface area contributed by atoms with Crippen molar-refractivity contribution in [3.63, 3.8) is 0 Å². The molecule has 0 spiro atoms. The van der Waals surface area contributed by atoms with Gasteiger partial charge in [-0.15, -0.1) is 0 Å². The summed E-state index contributed by atoms with van der Waals surface area (Å²) in [5.74, 6) is -0.335. The largest absolute Gasteiger partial charge is 0.345 e. The number of amides is 1. The maximum Gasteiger partial charge on any atom is 0.257 e. The van der Waals surface area contributed by atoms with Crippen molar-refractivity contribution in [2.45, 2.75) is 31.8 Å². The Morgan fingerprint density at radius 2 is 2.00 bits per heavy atom. The van der Waals surface area contributed by atoms with Gasteiger partial charge in [-0.3, -0.25) is 9.89 Å². The second kappa shape index (κ2) is 6.47. The van der Waals surface area contributed by atoms with Gasteiger partial charge in [-0.2, -0.15) is 5.10 Å². The number of H-pyrrole nitrogens is 1. The van der Waals surface area contributed by atoms with Gasteiger partial charge < -0.3 is 5.32 Å². The molecular formula is C14H19N5O3S. The molecule has 8 nitrogen and oxygen atoms in total. The lowest BCUT2D eigenvalue weighted by Gasteiger charge is -2.14. The molecule has 0 bridgehead atoms. The number of carbonyl (C=O) groups excluding carboxylic acids is 1. The molecule has 0 aliphatic carbocycles. The summed E-state index contributed by atoms with van der Waals surface area (Å²) in [4.78, 5) is 16.1. The quantitative estimate of drug-likeness (QED) is 0.747.